The molecule has 158 valence electrons. The molecule has 0 aromatic heterocycles. The maximum absolute atomic E-state index is 12.4. The summed E-state index contributed by atoms with van der Waals surface area (Å²) < 4.78 is 23.2. The van der Waals surface area contributed by atoms with Crippen LogP contribution >= 0.6 is 7.82 Å². The van der Waals surface area contributed by atoms with E-state index in [1.807, 2.05) is 34.7 Å². The fraction of sp³-hybridized carbons (Fsp3) is 1.00. The van der Waals surface area contributed by atoms with Crippen LogP contribution in [0.2, 0.25) is 0 Å². The first-order valence-corrected chi connectivity index (χ1v) is 11.1. The monoisotopic (exact) mass is 395 g/mol. The molecule has 0 saturated carbocycles. The minimum absolute atomic E-state index is 0.0711. The Labute approximate surface area is 160 Å². The lowest BCUT2D eigenvalue weighted by atomic mass is 9.71. The van der Waals surface area contributed by atoms with Crippen LogP contribution in [0.25, 0.3) is 0 Å². The van der Waals surface area contributed by atoms with E-state index in [0.29, 0.717) is 12.8 Å². The number of likely N-dealkylation sites (N-methyl/N-ethyl adjacent to an activating group) is 1. The van der Waals surface area contributed by atoms with E-state index in [-0.39, 0.29) is 17.4 Å². The molecule has 26 heavy (non-hydrogen) atoms. The average molecular weight is 396 g/mol. The number of phosphoric acid groups is 1. The zero-order chi connectivity index (χ0) is 21.0. The molecular weight excluding hydrogens is 353 g/mol. The van der Waals surface area contributed by atoms with Crippen molar-refractivity contribution in [3.05, 3.63) is 0 Å². The van der Waals surface area contributed by atoms with Crippen molar-refractivity contribution in [2.75, 3.05) is 7.05 Å². The number of hydrogen-bond donors (Lipinski definition) is 3. The van der Waals surface area contributed by atoms with E-state index in [2.05, 4.69) is 19.2 Å². The fourth-order valence-corrected chi connectivity index (χ4v) is 4.75. The third-order valence-electron chi connectivity index (χ3n) is 5.75. The first kappa shape index (κ1) is 26.0. The number of rotatable bonds is 12. The van der Waals surface area contributed by atoms with Gasteiger partial charge in [0.15, 0.2) is 0 Å². The highest BCUT2D eigenvalue weighted by Crippen LogP contribution is 2.50. The van der Waals surface area contributed by atoms with Crippen molar-refractivity contribution >= 4 is 7.82 Å². The van der Waals surface area contributed by atoms with Gasteiger partial charge < -0.3 is 15.3 Å². The molecule has 0 spiro atoms. The van der Waals surface area contributed by atoms with Crippen molar-refractivity contribution in [1.82, 2.24) is 5.32 Å². The number of hydrogen-bond acceptors (Lipinski definition) is 5. The van der Waals surface area contributed by atoms with Crippen LogP contribution in [-0.4, -0.2) is 40.4 Å². The Morgan fingerprint density at radius 3 is 1.96 bits per heavy atom. The largest absolute Gasteiger partial charge is 0.473 e. The Morgan fingerprint density at radius 1 is 1.08 bits per heavy atom. The highest BCUT2D eigenvalue weighted by molar-refractivity contribution is 7.47. The Bertz CT molecular complexity index is 479. The SMILES string of the molecule is CCC(C)(C)OP(=O)(O)OC(C)C(NC)C(C)(C)CC(C)C(C)(O)CC. The molecular formula is C19H42NO5P. The summed E-state index contributed by atoms with van der Waals surface area (Å²) in [4.78, 5) is 10.2. The lowest BCUT2D eigenvalue weighted by molar-refractivity contribution is -0.0307. The van der Waals surface area contributed by atoms with Crippen LogP contribution in [0.1, 0.15) is 81.6 Å². The van der Waals surface area contributed by atoms with Gasteiger partial charge in [-0.15, -0.1) is 0 Å². The molecule has 0 aliphatic carbocycles. The molecule has 0 radical (unpaired) electrons. The molecule has 0 rings (SSSR count). The van der Waals surface area contributed by atoms with E-state index in [4.69, 9.17) is 9.05 Å². The molecule has 0 aromatic carbocycles. The van der Waals surface area contributed by atoms with Gasteiger partial charge in [-0.1, -0.05) is 34.6 Å². The fourth-order valence-electron chi connectivity index (χ4n) is 3.41. The summed E-state index contributed by atoms with van der Waals surface area (Å²) in [5.74, 6) is 0.0711. The summed E-state index contributed by atoms with van der Waals surface area (Å²) in [6.45, 7) is 17.2. The first-order valence-electron chi connectivity index (χ1n) is 9.65. The van der Waals surface area contributed by atoms with Crippen LogP contribution in [-0.2, 0) is 13.6 Å². The van der Waals surface area contributed by atoms with Gasteiger partial charge in [0.25, 0.3) is 0 Å². The van der Waals surface area contributed by atoms with E-state index in [1.54, 1.807) is 20.8 Å². The van der Waals surface area contributed by atoms with E-state index < -0.39 is 25.1 Å². The zero-order valence-corrected chi connectivity index (χ0v) is 19.3. The minimum atomic E-state index is -4.19. The summed E-state index contributed by atoms with van der Waals surface area (Å²) in [6, 6.07) is -0.189. The molecule has 7 heteroatoms. The normalized spacial score (nSPS) is 21.5. The van der Waals surface area contributed by atoms with E-state index in [0.717, 1.165) is 6.42 Å². The standard InChI is InChI=1S/C19H42NO5P/c1-11-18(7,8)25-26(22,23)24-15(4)16(20-10)17(5,6)13-14(3)19(9,21)12-2/h14-16,20-21H,11-13H2,1-10H3,(H,22,23). The molecule has 0 amide bonds. The number of phosphoric ester groups is 1. The highest BCUT2D eigenvalue weighted by Gasteiger charge is 2.41. The molecule has 5 atom stereocenters. The van der Waals surface area contributed by atoms with Gasteiger partial charge in [0, 0.05) is 6.04 Å². The molecule has 0 fully saturated rings. The topological polar surface area (TPSA) is 88.0 Å². The molecule has 0 aliphatic heterocycles. The summed E-state index contributed by atoms with van der Waals surface area (Å²) in [5.41, 5.74) is -1.75. The van der Waals surface area contributed by atoms with Crippen molar-refractivity contribution in [3.63, 3.8) is 0 Å². The predicted octanol–water partition coefficient (Wildman–Crippen LogP) is 4.50. The zero-order valence-electron chi connectivity index (χ0n) is 18.4. The highest BCUT2D eigenvalue weighted by atomic mass is 31.2. The van der Waals surface area contributed by atoms with Crippen molar-refractivity contribution in [2.24, 2.45) is 11.3 Å². The quantitative estimate of drug-likeness (QED) is 0.422. The molecule has 0 bridgehead atoms. The lowest BCUT2D eigenvalue weighted by Crippen LogP contribution is -2.50. The summed E-state index contributed by atoms with van der Waals surface area (Å²) >= 11 is 0. The Kier molecular flexibility index (Phi) is 9.50. The Hall–Kier alpha value is 0.0300. The van der Waals surface area contributed by atoms with Crippen LogP contribution < -0.4 is 5.32 Å². The van der Waals surface area contributed by atoms with Gasteiger partial charge in [0.05, 0.1) is 17.3 Å². The molecule has 0 aromatic rings. The van der Waals surface area contributed by atoms with Crippen LogP contribution in [0.3, 0.4) is 0 Å². The van der Waals surface area contributed by atoms with Crippen molar-refractivity contribution < 1.29 is 23.6 Å². The molecule has 0 heterocycles. The Morgan fingerprint density at radius 2 is 1.58 bits per heavy atom. The van der Waals surface area contributed by atoms with Gasteiger partial charge in [0.1, 0.15) is 0 Å². The summed E-state index contributed by atoms with van der Waals surface area (Å²) in [7, 11) is -2.37. The maximum atomic E-state index is 12.4. The third kappa shape index (κ3) is 7.95. The van der Waals surface area contributed by atoms with Gasteiger partial charge in [-0.3, -0.25) is 9.05 Å². The van der Waals surface area contributed by atoms with Crippen molar-refractivity contribution in [1.29, 1.82) is 0 Å². The molecule has 0 aliphatic rings. The van der Waals surface area contributed by atoms with Gasteiger partial charge in [0.2, 0.25) is 0 Å². The van der Waals surface area contributed by atoms with Gasteiger partial charge in [-0.25, -0.2) is 4.57 Å². The van der Waals surface area contributed by atoms with Gasteiger partial charge in [-0.05, 0) is 65.3 Å². The predicted molar refractivity (Wildman–Crippen MR) is 107 cm³/mol. The summed E-state index contributed by atoms with van der Waals surface area (Å²) in [6.07, 6.45) is 1.47. The summed E-state index contributed by atoms with van der Waals surface area (Å²) in [5, 5.41) is 13.8. The van der Waals surface area contributed by atoms with Crippen LogP contribution in [0, 0.1) is 11.3 Å². The number of aliphatic hydroxyl groups is 1. The second kappa shape index (κ2) is 9.49. The molecule has 6 nitrogen and oxygen atoms in total. The lowest BCUT2D eigenvalue weighted by Gasteiger charge is -2.42. The number of nitrogens with one attached hydrogen (secondary N) is 1. The molecule has 5 unspecified atom stereocenters. The van der Waals surface area contributed by atoms with E-state index >= 15 is 0 Å². The maximum Gasteiger partial charge on any atom is 0.473 e. The average Bonchev–Trinajstić information content (AvgIpc) is 2.45. The van der Waals surface area contributed by atoms with E-state index in [1.165, 1.54) is 0 Å². The van der Waals surface area contributed by atoms with Crippen LogP contribution in [0.15, 0.2) is 0 Å². The Balaban J connectivity index is 5.22. The smallest absolute Gasteiger partial charge is 0.390 e. The molecule has 0 saturated heterocycles. The molecule has 3 N–H and O–H groups in total. The van der Waals surface area contributed by atoms with Gasteiger partial charge >= 0.3 is 7.82 Å². The first-order chi connectivity index (χ1) is 11.5. The van der Waals surface area contributed by atoms with Crippen LogP contribution in [0.4, 0.5) is 0 Å². The van der Waals surface area contributed by atoms with Crippen molar-refractivity contribution in [2.45, 2.75) is 105 Å². The minimum Gasteiger partial charge on any atom is -0.390 e. The van der Waals surface area contributed by atoms with Crippen molar-refractivity contribution in [3.8, 4) is 0 Å². The van der Waals surface area contributed by atoms with Gasteiger partial charge in [-0.2, -0.15) is 0 Å². The van der Waals surface area contributed by atoms with Crippen LogP contribution in [0.5, 0.6) is 0 Å². The van der Waals surface area contributed by atoms with E-state index in [9.17, 15) is 14.6 Å². The second-order valence-corrected chi connectivity index (χ2v) is 10.4. The second-order valence-electron chi connectivity index (χ2n) is 9.05. The third-order valence-corrected chi connectivity index (χ3v) is 7.07.